The van der Waals surface area contributed by atoms with Gasteiger partial charge in [-0.15, -0.1) is 0 Å². The van der Waals surface area contributed by atoms with Gasteiger partial charge in [0.05, 0.1) is 0 Å². The van der Waals surface area contributed by atoms with Gasteiger partial charge in [-0.2, -0.15) is 0 Å². The standard InChI is InChI=1S/C33H31O4P/c1-19-12-20(2)15-23(14-19)25-8-9-30-32-27(25)10-11-33(32)18-28(24-16-21(3)13-22(4)17-24)26-6-5-7-29(31(26)33)36-38(34,35)37-30/h5-9,12-17,28H,10-11,18H2,1-4H3,(H,34,35). The van der Waals surface area contributed by atoms with Crippen LogP contribution in [-0.4, -0.2) is 4.89 Å². The summed E-state index contributed by atoms with van der Waals surface area (Å²) >= 11 is 0. The van der Waals surface area contributed by atoms with Crippen molar-refractivity contribution in [1.82, 2.24) is 0 Å². The Morgan fingerprint density at radius 3 is 2.13 bits per heavy atom. The van der Waals surface area contributed by atoms with E-state index in [1.807, 2.05) is 24.3 Å². The molecule has 192 valence electrons. The maximum Gasteiger partial charge on any atom is 0.584 e. The first kappa shape index (κ1) is 23.8. The van der Waals surface area contributed by atoms with Gasteiger partial charge in [-0.05, 0) is 86.9 Å². The van der Waals surface area contributed by atoms with Gasteiger partial charge in [-0.1, -0.05) is 76.9 Å². The van der Waals surface area contributed by atoms with Crippen molar-refractivity contribution < 1.29 is 18.5 Å². The van der Waals surface area contributed by atoms with Gasteiger partial charge in [0.25, 0.3) is 0 Å². The molecule has 0 radical (unpaired) electrons. The van der Waals surface area contributed by atoms with E-state index in [1.54, 1.807) is 0 Å². The Morgan fingerprint density at radius 1 is 0.816 bits per heavy atom. The lowest BCUT2D eigenvalue weighted by Crippen LogP contribution is -2.25. The van der Waals surface area contributed by atoms with Crippen LogP contribution in [0, 0.1) is 27.7 Å². The van der Waals surface area contributed by atoms with Crippen molar-refractivity contribution >= 4 is 7.82 Å². The van der Waals surface area contributed by atoms with E-state index < -0.39 is 7.82 Å². The quantitative estimate of drug-likeness (QED) is 0.270. The highest BCUT2D eigenvalue weighted by molar-refractivity contribution is 7.48. The zero-order chi connectivity index (χ0) is 26.4. The van der Waals surface area contributed by atoms with Crippen LogP contribution in [0.3, 0.4) is 0 Å². The highest BCUT2D eigenvalue weighted by Gasteiger charge is 2.54. The lowest BCUT2D eigenvalue weighted by atomic mass is 9.74. The van der Waals surface area contributed by atoms with Gasteiger partial charge >= 0.3 is 7.82 Å². The minimum Gasteiger partial charge on any atom is -0.395 e. The minimum atomic E-state index is -4.37. The molecule has 1 aliphatic heterocycles. The van der Waals surface area contributed by atoms with Crippen LogP contribution in [0.5, 0.6) is 11.5 Å². The Hall–Kier alpha value is -3.33. The van der Waals surface area contributed by atoms with Crippen molar-refractivity contribution in [3.05, 3.63) is 117 Å². The van der Waals surface area contributed by atoms with Gasteiger partial charge < -0.3 is 9.05 Å². The summed E-state index contributed by atoms with van der Waals surface area (Å²) in [5.41, 5.74) is 12.7. The van der Waals surface area contributed by atoms with Gasteiger partial charge in [-0.3, -0.25) is 4.89 Å². The molecule has 1 heterocycles. The normalized spacial score (nSPS) is 24.6. The lowest BCUT2D eigenvalue weighted by molar-refractivity contribution is 0.280. The van der Waals surface area contributed by atoms with Crippen LogP contribution >= 0.6 is 7.82 Å². The summed E-state index contributed by atoms with van der Waals surface area (Å²) in [7, 11) is -4.37. The van der Waals surface area contributed by atoms with Crippen molar-refractivity contribution in [3.8, 4) is 22.6 Å². The molecule has 7 rings (SSSR count). The lowest BCUT2D eigenvalue weighted by Gasteiger charge is -2.33. The molecule has 0 amide bonds. The van der Waals surface area contributed by atoms with Crippen molar-refractivity contribution in [3.63, 3.8) is 0 Å². The zero-order valence-electron chi connectivity index (χ0n) is 22.2. The van der Waals surface area contributed by atoms with Crippen LogP contribution in [0.1, 0.15) is 68.8 Å². The summed E-state index contributed by atoms with van der Waals surface area (Å²) in [6.07, 6.45) is 2.66. The fourth-order valence-electron chi connectivity index (χ4n) is 7.57. The van der Waals surface area contributed by atoms with E-state index >= 15 is 0 Å². The summed E-state index contributed by atoms with van der Waals surface area (Å²) in [4.78, 5) is 10.8. The van der Waals surface area contributed by atoms with E-state index in [2.05, 4.69) is 70.2 Å². The Labute approximate surface area is 223 Å². The van der Waals surface area contributed by atoms with Crippen molar-refractivity contribution in [1.29, 1.82) is 0 Å². The molecule has 4 aromatic carbocycles. The number of hydrogen-bond acceptors (Lipinski definition) is 3. The van der Waals surface area contributed by atoms with Crippen LogP contribution in [-0.2, 0) is 16.4 Å². The molecule has 0 saturated heterocycles. The number of phosphoric acid groups is 1. The average Bonchev–Trinajstić information content (AvgIpc) is 3.37. The molecule has 1 spiro atoms. The molecular formula is C33H31O4P. The fraction of sp³-hybridized carbons (Fsp3) is 0.273. The largest absolute Gasteiger partial charge is 0.584 e. The van der Waals surface area contributed by atoms with Gasteiger partial charge in [0.2, 0.25) is 0 Å². The molecular weight excluding hydrogens is 491 g/mol. The van der Waals surface area contributed by atoms with E-state index in [-0.39, 0.29) is 11.3 Å². The second kappa shape index (κ2) is 8.09. The SMILES string of the molecule is Cc1cc(C)cc(-c2ccc3c4c2CCC42CC(c4cc(C)cc(C)c4)c4cccc(c42)OP(=O)(O)O3)c1. The van der Waals surface area contributed by atoms with Gasteiger partial charge in [0, 0.05) is 22.5 Å². The number of aryl methyl sites for hydroxylation is 4. The first-order chi connectivity index (χ1) is 18.1. The molecule has 4 nitrogen and oxygen atoms in total. The highest BCUT2D eigenvalue weighted by Crippen LogP contribution is 2.66. The first-order valence-electron chi connectivity index (χ1n) is 13.3. The molecule has 3 atom stereocenters. The predicted molar refractivity (Wildman–Crippen MR) is 150 cm³/mol. The molecule has 3 aliphatic rings. The van der Waals surface area contributed by atoms with E-state index in [4.69, 9.17) is 9.05 Å². The van der Waals surface area contributed by atoms with E-state index in [0.29, 0.717) is 11.5 Å². The monoisotopic (exact) mass is 522 g/mol. The van der Waals surface area contributed by atoms with Gasteiger partial charge in [-0.25, -0.2) is 4.57 Å². The molecule has 0 saturated carbocycles. The molecule has 0 bridgehead atoms. The topological polar surface area (TPSA) is 55.8 Å². The number of hydrogen-bond donors (Lipinski definition) is 1. The molecule has 38 heavy (non-hydrogen) atoms. The van der Waals surface area contributed by atoms with Crippen molar-refractivity contribution in [2.45, 2.75) is 58.3 Å². The predicted octanol–water partition coefficient (Wildman–Crippen LogP) is 8.23. The van der Waals surface area contributed by atoms with E-state index in [9.17, 15) is 9.46 Å². The van der Waals surface area contributed by atoms with Crippen LogP contribution in [0.25, 0.3) is 11.1 Å². The van der Waals surface area contributed by atoms with Crippen molar-refractivity contribution in [2.24, 2.45) is 0 Å². The fourth-order valence-corrected chi connectivity index (χ4v) is 8.41. The van der Waals surface area contributed by atoms with Crippen LogP contribution in [0.2, 0.25) is 0 Å². The third kappa shape index (κ3) is 3.51. The number of benzene rings is 4. The maximum absolute atomic E-state index is 13.2. The summed E-state index contributed by atoms with van der Waals surface area (Å²) < 4.78 is 24.8. The van der Waals surface area contributed by atoms with E-state index in [1.165, 1.54) is 50.1 Å². The third-order valence-corrected chi connectivity index (χ3v) is 9.48. The summed E-state index contributed by atoms with van der Waals surface area (Å²) in [5, 5.41) is 0. The average molecular weight is 523 g/mol. The van der Waals surface area contributed by atoms with Crippen molar-refractivity contribution in [2.75, 3.05) is 0 Å². The minimum absolute atomic E-state index is 0.159. The summed E-state index contributed by atoms with van der Waals surface area (Å²) in [6, 6.07) is 23.3. The molecule has 3 unspecified atom stereocenters. The Bertz CT molecular complexity index is 1660. The van der Waals surface area contributed by atoms with Gasteiger partial charge in [0.1, 0.15) is 11.5 Å². The Kier molecular flexibility index (Phi) is 5.06. The molecule has 4 aromatic rings. The van der Waals surface area contributed by atoms with Gasteiger partial charge in [0.15, 0.2) is 0 Å². The molecule has 1 N–H and O–H groups in total. The second-order valence-electron chi connectivity index (χ2n) is 11.5. The van der Waals surface area contributed by atoms with Crippen LogP contribution in [0.4, 0.5) is 0 Å². The highest BCUT2D eigenvalue weighted by atomic mass is 31.2. The van der Waals surface area contributed by atoms with Crippen LogP contribution in [0.15, 0.2) is 66.7 Å². The molecule has 5 heteroatoms. The molecule has 0 aromatic heterocycles. The first-order valence-corrected chi connectivity index (χ1v) is 14.8. The van der Waals surface area contributed by atoms with E-state index in [0.717, 1.165) is 30.4 Å². The number of rotatable bonds is 2. The molecule has 2 aliphatic carbocycles. The number of phosphoric ester groups is 1. The Balaban J connectivity index is 1.52. The summed E-state index contributed by atoms with van der Waals surface area (Å²) in [5.74, 6) is 1.10. The maximum atomic E-state index is 13.2. The second-order valence-corrected chi connectivity index (χ2v) is 12.8. The zero-order valence-corrected chi connectivity index (χ0v) is 23.1. The van der Waals surface area contributed by atoms with Crippen LogP contribution < -0.4 is 9.05 Å². The summed E-state index contributed by atoms with van der Waals surface area (Å²) in [6.45, 7) is 8.54. The molecule has 0 fully saturated rings. The third-order valence-electron chi connectivity index (χ3n) is 8.63. The Morgan fingerprint density at radius 2 is 1.45 bits per heavy atom. The smallest absolute Gasteiger partial charge is 0.395 e.